The average molecular weight is 695 g/mol. The summed E-state index contributed by atoms with van der Waals surface area (Å²) >= 11 is 0. The maximum atomic E-state index is 6.75. The lowest BCUT2D eigenvalue weighted by Gasteiger charge is -2.29. The summed E-state index contributed by atoms with van der Waals surface area (Å²) in [6.07, 6.45) is 0. The Labute approximate surface area is 315 Å². The quantitative estimate of drug-likeness (QED) is 0.173. The molecule has 0 atom stereocenters. The van der Waals surface area contributed by atoms with Gasteiger partial charge in [-0.15, -0.1) is 0 Å². The first-order valence-corrected chi connectivity index (χ1v) is 18.6. The van der Waals surface area contributed by atoms with Crippen LogP contribution in [0.4, 0.5) is 17.1 Å². The van der Waals surface area contributed by atoms with Crippen molar-refractivity contribution in [1.29, 1.82) is 0 Å². The molecule has 10 rings (SSSR count). The van der Waals surface area contributed by atoms with E-state index in [-0.39, 0.29) is 0 Å². The molecule has 3 nitrogen and oxygen atoms in total. The molecule has 0 unspecified atom stereocenters. The second-order valence-corrected chi connectivity index (χ2v) is 14.4. The number of nitrogens with zero attached hydrogens (tertiary/aromatic N) is 2. The number of hydrogen-bond donors (Lipinski definition) is 0. The Hall–Kier alpha value is -6.84. The highest BCUT2D eigenvalue weighted by Crippen LogP contribution is 2.45. The Morgan fingerprint density at radius 3 is 1.83 bits per heavy atom. The summed E-state index contributed by atoms with van der Waals surface area (Å²) in [5, 5.41) is 4.69. The highest BCUT2D eigenvalue weighted by atomic mass is 16.3. The van der Waals surface area contributed by atoms with E-state index in [9.17, 15) is 0 Å². The van der Waals surface area contributed by atoms with Crippen LogP contribution in [0.2, 0.25) is 0 Å². The highest BCUT2D eigenvalue weighted by molar-refractivity contribution is 6.12. The summed E-state index contributed by atoms with van der Waals surface area (Å²) in [4.78, 5) is 2.41. The zero-order chi connectivity index (χ0) is 36.3. The lowest BCUT2D eigenvalue weighted by atomic mass is 9.95. The predicted octanol–water partition coefficient (Wildman–Crippen LogP) is 14.4. The van der Waals surface area contributed by atoms with Crippen molar-refractivity contribution in [2.75, 3.05) is 4.90 Å². The van der Waals surface area contributed by atoms with Gasteiger partial charge in [0.2, 0.25) is 0 Å². The zero-order valence-corrected chi connectivity index (χ0v) is 30.5. The van der Waals surface area contributed by atoms with Crippen LogP contribution in [0.15, 0.2) is 180 Å². The van der Waals surface area contributed by atoms with E-state index in [2.05, 4.69) is 200 Å². The Balaban J connectivity index is 1.22. The van der Waals surface area contributed by atoms with Gasteiger partial charge in [0.05, 0.1) is 11.0 Å². The van der Waals surface area contributed by atoms with Gasteiger partial charge in [0.15, 0.2) is 0 Å². The van der Waals surface area contributed by atoms with E-state index in [0.717, 1.165) is 55.8 Å². The maximum absolute atomic E-state index is 6.75. The van der Waals surface area contributed by atoms with Crippen LogP contribution in [0.25, 0.3) is 71.7 Å². The molecule has 2 heterocycles. The first-order valence-electron chi connectivity index (χ1n) is 18.6. The molecule has 8 aromatic carbocycles. The fraction of sp³-hybridized carbons (Fsp3) is 0.0588. The largest absolute Gasteiger partial charge is 0.455 e. The van der Waals surface area contributed by atoms with Crippen molar-refractivity contribution in [3.63, 3.8) is 0 Å². The lowest BCUT2D eigenvalue weighted by molar-refractivity contribution is 0.670. The number of benzene rings is 8. The van der Waals surface area contributed by atoms with Crippen LogP contribution in [-0.2, 0) is 0 Å². The molecule has 0 saturated heterocycles. The first kappa shape index (κ1) is 31.9. The highest BCUT2D eigenvalue weighted by Gasteiger charge is 2.22. The van der Waals surface area contributed by atoms with Crippen molar-refractivity contribution in [2.24, 2.45) is 0 Å². The van der Waals surface area contributed by atoms with Crippen LogP contribution in [0.3, 0.4) is 0 Å². The first-order chi connectivity index (χ1) is 26.5. The van der Waals surface area contributed by atoms with Gasteiger partial charge in [-0.3, -0.25) is 0 Å². The van der Waals surface area contributed by atoms with Crippen LogP contribution in [-0.4, -0.2) is 4.57 Å². The van der Waals surface area contributed by atoms with E-state index in [1.165, 1.54) is 49.6 Å². The molecule has 0 bridgehead atoms. The molecule has 0 radical (unpaired) electrons. The molecule has 0 spiro atoms. The third-order valence-corrected chi connectivity index (χ3v) is 10.9. The molecule has 3 heteroatoms. The molecule has 0 fully saturated rings. The summed E-state index contributed by atoms with van der Waals surface area (Å²) in [7, 11) is 0. The SMILES string of the molecule is Cc1ccc(N(c2cc(-c3cccc(-n4c5ccccc5c5ccccc54)c3)c3oc4ccccc4c3c2)c2cc(C)c(-c3ccccc3)cc2C)cc1. The predicted molar refractivity (Wildman–Crippen MR) is 228 cm³/mol. The van der Waals surface area contributed by atoms with Gasteiger partial charge < -0.3 is 13.9 Å². The smallest absolute Gasteiger partial charge is 0.143 e. The van der Waals surface area contributed by atoms with E-state index in [0.29, 0.717) is 0 Å². The maximum Gasteiger partial charge on any atom is 0.143 e. The minimum atomic E-state index is 0.880. The van der Waals surface area contributed by atoms with Crippen molar-refractivity contribution in [3.8, 4) is 27.9 Å². The normalized spacial score (nSPS) is 11.6. The van der Waals surface area contributed by atoms with Crippen LogP contribution in [0.5, 0.6) is 0 Å². The molecule has 0 aliphatic rings. The van der Waals surface area contributed by atoms with Crippen molar-refractivity contribution in [3.05, 3.63) is 193 Å². The number of aryl methyl sites for hydroxylation is 3. The number of rotatable bonds is 6. The van der Waals surface area contributed by atoms with Gasteiger partial charge in [-0.2, -0.15) is 0 Å². The van der Waals surface area contributed by atoms with Crippen LogP contribution in [0, 0.1) is 20.8 Å². The number of fused-ring (bicyclic) bond motifs is 6. The van der Waals surface area contributed by atoms with Gasteiger partial charge in [0, 0.05) is 49.9 Å². The number of furan rings is 1. The summed E-state index contributed by atoms with van der Waals surface area (Å²) < 4.78 is 9.14. The summed E-state index contributed by atoms with van der Waals surface area (Å²) in [6.45, 7) is 6.59. The van der Waals surface area contributed by atoms with Crippen molar-refractivity contribution < 1.29 is 4.42 Å². The van der Waals surface area contributed by atoms with Crippen LogP contribution >= 0.6 is 0 Å². The number of para-hydroxylation sites is 3. The Kier molecular flexibility index (Phi) is 7.48. The molecule has 0 aliphatic carbocycles. The van der Waals surface area contributed by atoms with Crippen molar-refractivity contribution in [1.82, 2.24) is 4.57 Å². The molecule has 0 saturated carbocycles. The van der Waals surface area contributed by atoms with E-state index in [4.69, 9.17) is 4.42 Å². The summed E-state index contributed by atoms with van der Waals surface area (Å²) in [5.74, 6) is 0. The van der Waals surface area contributed by atoms with Gasteiger partial charge in [-0.05, 0) is 115 Å². The van der Waals surface area contributed by atoms with E-state index in [1.54, 1.807) is 0 Å². The Morgan fingerprint density at radius 1 is 0.444 bits per heavy atom. The van der Waals surface area contributed by atoms with E-state index in [1.807, 2.05) is 6.07 Å². The third kappa shape index (κ3) is 5.20. The van der Waals surface area contributed by atoms with Gasteiger partial charge in [-0.25, -0.2) is 0 Å². The fourth-order valence-electron chi connectivity index (χ4n) is 8.26. The molecule has 54 heavy (non-hydrogen) atoms. The third-order valence-electron chi connectivity index (χ3n) is 10.9. The van der Waals surface area contributed by atoms with Crippen molar-refractivity contribution >= 4 is 60.8 Å². The molecule has 0 amide bonds. The fourth-order valence-corrected chi connectivity index (χ4v) is 8.26. The topological polar surface area (TPSA) is 21.3 Å². The van der Waals surface area contributed by atoms with Gasteiger partial charge >= 0.3 is 0 Å². The Morgan fingerprint density at radius 2 is 1.09 bits per heavy atom. The second-order valence-electron chi connectivity index (χ2n) is 14.4. The summed E-state index contributed by atoms with van der Waals surface area (Å²) in [5.41, 5.74) is 16.9. The standard InChI is InChI=1S/C51H38N2O/c1-33-24-26-38(27-25-33)52(49-29-34(2)44(28-35(49)3)36-14-5-4-6-15-36)40-31-45(51-46(32-40)43-20-9-12-23-50(43)54-51)37-16-13-17-39(30-37)53-47-21-10-7-18-41(47)42-19-8-11-22-48(42)53/h4-32H,1-3H3. The monoisotopic (exact) mass is 694 g/mol. The minimum Gasteiger partial charge on any atom is -0.455 e. The van der Waals surface area contributed by atoms with Gasteiger partial charge in [0.1, 0.15) is 11.2 Å². The van der Waals surface area contributed by atoms with Crippen LogP contribution in [0.1, 0.15) is 16.7 Å². The molecular weight excluding hydrogens is 657 g/mol. The molecular formula is C51H38N2O. The van der Waals surface area contributed by atoms with Crippen LogP contribution < -0.4 is 4.90 Å². The molecule has 0 N–H and O–H groups in total. The Bertz CT molecular complexity index is 2970. The number of aromatic nitrogens is 1. The molecule has 0 aliphatic heterocycles. The van der Waals surface area contributed by atoms with Gasteiger partial charge in [-0.1, -0.05) is 115 Å². The second kappa shape index (κ2) is 12.7. The minimum absolute atomic E-state index is 0.880. The summed E-state index contributed by atoms with van der Waals surface area (Å²) in [6, 6.07) is 63.5. The molecule has 258 valence electrons. The average Bonchev–Trinajstić information content (AvgIpc) is 3.76. The number of anilines is 3. The zero-order valence-electron chi connectivity index (χ0n) is 30.5. The van der Waals surface area contributed by atoms with Gasteiger partial charge in [0.25, 0.3) is 0 Å². The number of hydrogen-bond acceptors (Lipinski definition) is 2. The van der Waals surface area contributed by atoms with E-state index < -0.39 is 0 Å². The van der Waals surface area contributed by atoms with Crippen molar-refractivity contribution in [2.45, 2.75) is 20.8 Å². The van der Waals surface area contributed by atoms with E-state index >= 15 is 0 Å². The lowest BCUT2D eigenvalue weighted by Crippen LogP contribution is -2.12. The molecule has 10 aromatic rings. The molecule has 2 aromatic heterocycles.